The molecular formula is C13H17FN2O3. The summed E-state index contributed by atoms with van der Waals surface area (Å²) < 4.78 is 13.5. The molecule has 1 unspecified atom stereocenters. The average Bonchev–Trinajstić information content (AvgIpc) is 2.34. The summed E-state index contributed by atoms with van der Waals surface area (Å²) >= 11 is 0. The van der Waals surface area contributed by atoms with Crippen LogP contribution in [-0.4, -0.2) is 30.2 Å². The molecule has 0 saturated heterocycles. The summed E-state index contributed by atoms with van der Waals surface area (Å²) in [6.45, 7) is 3.37. The van der Waals surface area contributed by atoms with Gasteiger partial charge in [-0.15, -0.1) is 0 Å². The van der Waals surface area contributed by atoms with Crippen molar-refractivity contribution in [3.63, 3.8) is 0 Å². The van der Waals surface area contributed by atoms with E-state index < -0.39 is 23.9 Å². The van der Waals surface area contributed by atoms with Gasteiger partial charge in [-0.25, -0.2) is 14.0 Å². The second kappa shape index (κ2) is 6.17. The fraction of sp³-hybridized carbons (Fsp3) is 0.385. The first kappa shape index (κ1) is 14.9. The van der Waals surface area contributed by atoms with Gasteiger partial charge in [0.2, 0.25) is 0 Å². The molecular weight excluding hydrogens is 251 g/mol. The smallest absolute Gasteiger partial charge is 0.326 e. The normalized spacial score (nSPS) is 12.1. The summed E-state index contributed by atoms with van der Waals surface area (Å²) in [5.41, 5.74) is 0.0906. The van der Waals surface area contributed by atoms with Crippen molar-refractivity contribution in [2.24, 2.45) is 5.92 Å². The van der Waals surface area contributed by atoms with Gasteiger partial charge in [-0.1, -0.05) is 26.0 Å². The first-order valence-electron chi connectivity index (χ1n) is 5.86. The van der Waals surface area contributed by atoms with Crippen molar-refractivity contribution in [2.75, 3.05) is 11.9 Å². The molecule has 0 aliphatic heterocycles. The summed E-state index contributed by atoms with van der Waals surface area (Å²) in [5.74, 6) is -1.93. The van der Waals surface area contributed by atoms with E-state index in [1.165, 1.54) is 25.2 Å². The summed E-state index contributed by atoms with van der Waals surface area (Å²) in [5, 5.41) is 11.4. The number of amides is 2. The highest BCUT2D eigenvalue weighted by Crippen LogP contribution is 2.17. The van der Waals surface area contributed by atoms with E-state index in [0.29, 0.717) is 0 Å². The van der Waals surface area contributed by atoms with E-state index in [1.54, 1.807) is 19.9 Å². The predicted molar refractivity (Wildman–Crippen MR) is 69.6 cm³/mol. The van der Waals surface area contributed by atoms with Gasteiger partial charge < -0.3 is 10.4 Å². The molecule has 1 aromatic rings. The van der Waals surface area contributed by atoms with Gasteiger partial charge in [0.15, 0.2) is 0 Å². The lowest BCUT2D eigenvalue weighted by molar-refractivity contribution is -0.140. The molecule has 0 radical (unpaired) electrons. The summed E-state index contributed by atoms with van der Waals surface area (Å²) in [6, 6.07) is 4.11. The van der Waals surface area contributed by atoms with Crippen molar-refractivity contribution in [2.45, 2.75) is 19.9 Å². The van der Waals surface area contributed by atoms with Crippen LogP contribution >= 0.6 is 0 Å². The van der Waals surface area contributed by atoms with Crippen LogP contribution in [0, 0.1) is 11.7 Å². The molecule has 1 rings (SSSR count). The van der Waals surface area contributed by atoms with Crippen LogP contribution in [0.4, 0.5) is 14.9 Å². The predicted octanol–water partition coefficient (Wildman–Crippen LogP) is 2.08. The molecule has 0 spiro atoms. The lowest BCUT2D eigenvalue weighted by Gasteiger charge is -2.23. The lowest BCUT2D eigenvalue weighted by atomic mass is 10.1. The van der Waals surface area contributed by atoms with Gasteiger partial charge in [0.1, 0.15) is 11.9 Å². The molecule has 0 aliphatic rings. The van der Waals surface area contributed by atoms with Crippen molar-refractivity contribution in [3.05, 3.63) is 30.1 Å². The molecule has 19 heavy (non-hydrogen) atoms. The molecule has 2 amide bonds. The number of carbonyl (C=O) groups is 2. The molecule has 104 valence electrons. The fourth-order valence-electron chi connectivity index (χ4n) is 1.58. The molecule has 1 aromatic carbocycles. The number of para-hydroxylation sites is 1. The Kier molecular flexibility index (Phi) is 4.86. The highest BCUT2D eigenvalue weighted by molar-refractivity contribution is 5.94. The maximum atomic E-state index is 13.5. The Morgan fingerprint density at radius 1 is 1.32 bits per heavy atom. The van der Waals surface area contributed by atoms with Gasteiger partial charge in [0.25, 0.3) is 0 Å². The number of halogens is 1. The SMILES string of the molecule is CC(C)C(NC(=O)N(C)c1ccccc1F)C(=O)O. The Labute approximate surface area is 111 Å². The summed E-state index contributed by atoms with van der Waals surface area (Å²) in [4.78, 5) is 23.9. The van der Waals surface area contributed by atoms with Gasteiger partial charge in [0, 0.05) is 7.05 Å². The zero-order valence-electron chi connectivity index (χ0n) is 11.1. The van der Waals surface area contributed by atoms with Crippen molar-refractivity contribution >= 4 is 17.7 Å². The van der Waals surface area contributed by atoms with E-state index in [9.17, 15) is 14.0 Å². The largest absolute Gasteiger partial charge is 0.480 e. The molecule has 0 aliphatic carbocycles. The quantitative estimate of drug-likeness (QED) is 0.878. The fourth-order valence-corrected chi connectivity index (χ4v) is 1.58. The van der Waals surface area contributed by atoms with Crippen LogP contribution in [0.5, 0.6) is 0 Å². The Morgan fingerprint density at radius 2 is 1.89 bits per heavy atom. The van der Waals surface area contributed by atoms with Gasteiger partial charge in [0.05, 0.1) is 5.69 Å². The van der Waals surface area contributed by atoms with Crippen LogP contribution < -0.4 is 10.2 Å². The lowest BCUT2D eigenvalue weighted by Crippen LogP contribution is -2.49. The van der Waals surface area contributed by atoms with Crippen molar-refractivity contribution < 1.29 is 19.1 Å². The minimum absolute atomic E-state index is 0.0906. The number of carboxylic acids is 1. The van der Waals surface area contributed by atoms with Crippen LogP contribution in [0.25, 0.3) is 0 Å². The number of rotatable bonds is 4. The first-order chi connectivity index (χ1) is 8.84. The molecule has 0 aromatic heterocycles. The number of hydrogen-bond donors (Lipinski definition) is 2. The minimum Gasteiger partial charge on any atom is -0.480 e. The van der Waals surface area contributed by atoms with Crippen molar-refractivity contribution in [1.82, 2.24) is 5.32 Å². The summed E-state index contributed by atoms with van der Waals surface area (Å²) in [7, 11) is 1.38. The maximum absolute atomic E-state index is 13.5. The third-order valence-electron chi connectivity index (χ3n) is 2.73. The van der Waals surface area contributed by atoms with E-state index in [0.717, 1.165) is 4.90 Å². The van der Waals surface area contributed by atoms with E-state index in [2.05, 4.69) is 5.32 Å². The van der Waals surface area contributed by atoms with Crippen LogP contribution in [0.15, 0.2) is 24.3 Å². The number of aliphatic carboxylic acids is 1. The van der Waals surface area contributed by atoms with Crippen molar-refractivity contribution in [1.29, 1.82) is 0 Å². The number of nitrogens with one attached hydrogen (secondary N) is 1. The van der Waals surface area contributed by atoms with Gasteiger partial charge in [-0.2, -0.15) is 0 Å². The molecule has 0 fully saturated rings. The zero-order chi connectivity index (χ0) is 14.6. The molecule has 2 N–H and O–H groups in total. The zero-order valence-corrected chi connectivity index (χ0v) is 11.1. The maximum Gasteiger partial charge on any atom is 0.326 e. The van der Waals surface area contributed by atoms with E-state index in [4.69, 9.17) is 5.11 Å². The number of benzene rings is 1. The third kappa shape index (κ3) is 3.67. The second-order valence-corrected chi connectivity index (χ2v) is 4.52. The molecule has 0 bridgehead atoms. The Morgan fingerprint density at radius 3 is 2.37 bits per heavy atom. The standard InChI is InChI=1S/C13H17FN2O3/c1-8(2)11(12(17)18)15-13(19)16(3)10-7-5-4-6-9(10)14/h4-8,11H,1-3H3,(H,15,19)(H,17,18). The monoisotopic (exact) mass is 268 g/mol. The summed E-state index contributed by atoms with van der Waals surface area (Å²) in [6.07, 6.45) is 0. The molecule has 6 heteroatoms. The number of hydrogen-bond acceptors (Lipinski definition) is 2. The van der Waals surface area contributed by atoms with Crippen LogP contribution in [-0.2, 0) is 4.79 Å². The Balaban J connectivity index is 2.83. The number of nitrogens with zero attached hydrogens (tertiary/aromatic N) is 1. The van der Waals surface area contributed by atoms with Gasteiger partial charge >= 0.3 is 12.0 Å². The van der Waals surface area contributed by atoms with Gasteiger partial charge in [-0.3, -0.25) is 4.90 Å². The van der Waals surface area contributed by atoms with Crippen LogP contribution in [0.3, 0.4) is 0 Å². The number of urea groups is 1. The third-order valence-corrected chi connectivity index (χ3v) is 2.73. The van der Waals surface area contributed by atoms with E-state index in [1.807, 2.05) is 0 Å². The first-order valence-corrected chi connectivity index (χ1v) is 5.86. The highest BCUT2D eigenvalue weighted by Gasteiger charge is 2.25. The highest BCUT2D eigenvalue weighted by atomic mass is 19.1. The Hall–Kier alpha value is -2.11. The average molecular weight is 268 g/mol. The number of carbonyl (C=O) groups excluding carboxylic acids is 1. The molecule has 1 atom stereocenters. The molecule has 0 heterocycles. The molecule has 0 saturated carbocycles. The minimum atomic E-state index is -1.12. The van der Waals surface area contributed by atoms with Crippen molar-refractivity contribution in [3.8, 4) is 0 Å². The second-order valence-electron chi connectivity index (χ2n) is 4.52. The number of carboxylic acid groups (broad SMARTS) is 1. The van der Waals surface area contributed by atoms with E-state index >= 15 is 0 Å². The Bertz CT molecular complexity index is 477. The van der Waals surface area contributed by atoms with E-state index in [-0.39, 0.29) is 11.6 Å². The van der Waals surface area contributed by atoms with Crippen LogP contribution in [0.1, 0.15) is 13.8 Å². The topological polar surface area (TPSA) is 69.6 Å². The molecule has 5 nitrogen and oxygen atoms in total. The van der Waals surface area contributed by atoms with Gasteiger partial charge in [-0.05, 0) is 18.1 Å². The van der Waals surface area contributed by atoms with Crippen LogP contribution in [0.2, 0.25) is 0 Å². The number of anilines is 1.